The number of aliphatic hydroxyl groups excluding tert-OH is 1. The number of hydrogen-bond donors (Lipinski definition) is 2. The fourth-order valence-electron chi connectivity index (χ4n) is 0.397. The largest absolute Gasteiger partial charge is 0.395 e. The molecule has 0 amide bonds. The third-order valence-electron chi connectivity index (χ3n) is 1.28. The SMILES string of the molecule is CCC(C)(O)C#CCCO. The Morgan fingerprint density at radius 1 is 1.50 bits per heavy atom. The molecular formula is C8H14O2. The van der Waals surface area contributed by atoms with Crippen LogP contribution in [-0.2, 0) is 0 Å². The Morgan fingerprint density at radius 2 is 2.10 bits per heavy atom. The maximum absolute atomic E-state index is 9.29. The Kier molecular flexibility index (Phi) is 4.10. The van der Waals surface area contributed by atoms with Gasteiger partial charge in [-0.2, -0.15) is 0 Å². The summed E-state index contributed by atoms with van der Waals surface area (Å²) in [6.45, 7) is 3.60. The van der Waals surface area contributed by atoms with Crippen LogP contribution in [0.5, 0.6) is 0 Å². The van der Waals surface area contributed by atoms with Gasteiger partial charge in [0.15, 0.2) is 0 Å². The maximum atomic E-state index is 9.29. The predicted molar refractivity (Wildman–Crippen MR) is 40.4 cm³/mol. The second-order valence-corrected chi connectivity index (χ2v) is 2.40. The summed E-state index contributed by atoms with van der Waals surface area (Å²) in [6.07, 6.45) is 1.06. The number of hydrogen-bond acceptors (Lipinski definition) is 2. The second kappa shape index (κ2) is 4.32. The van der Waals surface area contributed by atoms with Gasteiger partial charge in [0.05, 0.1) is 6.61 Å². The summed E-state index contributed by atoms with van der Waals surface area (Å²) in [7, 11) is 0. The number of aliphatic hydroxyl groups is 2. The van der Waals surface area contributed by atoms with Crippen molar-refractivity contribution in [1.29, 1.82) is 0 Å². The topological polar surface area (TPSA) is 40.5 Å². The minimum Gasteiger partial charge on any atom is -0.395 e. The van der Waals surface area contributed by atoms with Crippen molar-refractivity contribution in [2.24, 2.45) is 0 Å². The van der Waals surface area contributed by atoms with Crippen LogP contribution in [0.25, 0.3) is 0 Å². The number of rotatable bonds is 2. The van der Waals surface area contributed by atoms with Crippen molar-refractivity contribution in [3.05, 3.63) is 0 Å². The summed E-state index contributed by atoms with van der Waals surface area (Å²) >= 11 is 0. The van der Waals surface area contributed by atoms with Crippen molar-refractivity contribution in [2.45, 2.75) is 32.3 Å². The van der Waals surface area contributed by atoms with Gasteiger partial charge in [0.1, 0.15) is 5.60 Å². The van der Waals surface area contributed by atoms with Crippen molar-refractivity contribution < 1.29 is 10.2 Å². The quantitative estimate of drug-likeness (QED) is 0.552. The smallest absolute Gasteiger partial charge is 0.122 e. The average molecular weight is 142 g/mol. The molecule has 2 heteroatoms. The van der Waals surface area contributed by atoms with Gasteiger partial charge in [-0.25, -0.2) is 0 Å². The van der Waals surface area contributed by atoms with E-state index in [-0.39, 0.29) is 6.61 Å². The van der Waals surface area contributed by atoms with Crippen molar-refractivity contribution in [3.8, 4) is 11.8 Å². The van der Waals surface area contributed by atoms with Crippen LogP contribution in [0.1, 0.15) is 26.7 Å². The molecule has 0 spiro atoms. The van der Waals surface area contributed by atoms with Gasteiger partial charge in [0.2, 0.25) is 0 Å². The molecule has 0 heterocycles. The maximum Gasteiger partial charge on any atom is 0.122 e. The van der Waals surface area contributed by atoms with Crippen molar-refractivity contribution in [2.75, 3.05) is 6.61 Å². The van der Waals surface area contributed by atoms with Crippen molar-refractivity contribution in [1.82, 2.24) is 0 Å². The van der Waals surface area contributed by atoms with Crippen molar-refractivity contribution in [3.63, 3.8) is 0 Å². The van der Waals surface area contributed by atoms with Gasteiger partial charge in [-0.05, 0) is 13.3 Å². The van der Waals surface area contributed by atoms with Gasteiger partial charge >= 0.3 is 0 Å². The molecule has 1 atom stereocenters. The van der Waals surface area contributed by atoms with Gasteiger partial charge in [-0.1, -0.05) is 18.8 Å². The Morgan fingerprint density at radius 3 is 2.50 bits per heavy atom. The van der Waals surface area contributed by atoms with Crippen LogP contribution in [0.3, 0.4) is 0 Å². The Balaban J connectivity index is 3.77. The highest BCUT2D eigenvalue weighted by Crippen LogP contribution is 2.05. The first-order chi connectivity index (χ1) is 4.62. The third-order valence-corrected chi connectivity index (χ3v) is 1.28. The van der Waals surface area contributed by atoms with E-state index in [1.807, 2.05) is 6.92 Å². The van der Waals surface area contributed by atoms with Crippen LogP contribution in [0.4, 0.5) is 0 Å². The zero-order valence-corrected chi connectivity index (χ0v) is 6.52. The molecule has 1 unspecified atom stereocenters. The molecular weight excluding hydrogens is 128 g/mol. The molecule has 0 aliphatic heterocycles. The van der Waals surface area contributed by atoms with E-state index < -0.39 is 5.60 Å². The van der Waals surface area contributed by atoms with Gasteiger partial charge in [0, 0.05) is 6.42 Å². The monoisotopic (exact) mass is 142 g/mol. The van der Waals surface area contributed by atoms with E-state index in [0.29, 0.717) is 12.8 Å². The van der Waals surface area contributed by atoms with Crippen LogP contribution < -0.4 is 0 Å². The first kappa shape index (κ1) is 9.48. The summed E-state index contributed by atoms with van der Waals surface area (Å²) in [5.74, 6) is 5.33. The zero-order chi connectivity index (χ0) is 8.04. The molecule has 0 saturated carbocycles. The molecule has 0 radical (unpaired) electrons. The molecule has 58 valence electrons. The molecule has 0 fully saturated rings. The fraction of sp³-hybridized carbons (Fsp3) is 0.750. The molecule has 0 saturated heterocycles. The minimum atomic E-state index is -0.880. The molecule has 0 aromatic rings. The lowest BCUT2D eigenvalue weighted by atomic mass is 10.1. The lowest BCUT2D eigenvalue weighted by Crippen LogP contribution is -2.19. The second-order valence-electron chi connectivity index (χ2n) is 2.40. The van der Waals surface area contributed by atoms with E-state index in [0.717, 1.165) is 0 Å². The van der Waals surface area contributed by atoms with Crippen LogP contribution in [-0.4, -0.2) is 22.4 Å². The molecule has 2 nitrogen and oxygen atoms in total. The van der Waals surface area contributed by atoms with Gasteiger partial charge in [-0.3, -0.25) is 0 Å². The van der Waals surface area contributed by atoms with E-state index in [9.17, 15) is 5.11 Å². The summed E-state index contributed by atoms with van der Waals surface area (Å²) in [5, 5.41) is 17.6. The molecule has 2 N–H and O–H groups in total. The minimum absolute atomic E-state index is 0.0623. The van der Waals surface area contributed by atoms with Crippen LogP contribution in [0, 0.1) is 11.8 Å². The average Bonchev–Trinajstić information content (AvgIpc) is 1.89. The van der Waals surface area contributed by atoms with E-state index in [4.69, 9.17) is 5.11 Å². The molecule has 0 rings (SSSR count). The van der Waals surface area contributed by atoms with E-state index in [1.165, 1.54) is 0 Å². The summed E-state index contributed by atoms with van der Waals surface area (Å²) in [6, 6.07) is 0. The Hall–Kier alpha value is -0.520. The standard InChI is InChI=1S/C8H14O2/c1-3-8(2,10)6-4-5-7-9/h9-10H,3,5,7H2,1-2H3. The fourth-order valence-corrected chi connectivity index (χ4v) is 0.397. The Bertz CT molecular complexity index is 139. The van der Waals surface area contributed by atoms with Gasteiger partial charge in [-0.15, -0.1) is 0 Å². The van der Waals surface area contributed by atoms with Gasteiger partial charge in [0.25, 0.3) is 0 Å². The molecule has 10 heavy (non-hydrogen) atoms. The summed E-state index contributed by atoms with van der Waals surface area (Å²) < 4.78 is 0. The first-order valence-corrected chi connectivity index (χ1v) is 3.45. The van der Waals surface area contributed by atoms with E-state index >= 15 is 0 Å². The molecule has 0 aromatic heterocycles. The third kappa shape index (κ3) is 4.37. The summed E-state index contributed by atoms with van der Waals surface area (Å²) in [5.41, 5.74) is -0.880. The van der Waals surface area contributed by atoms with Crippen LogP contribution in [0.15, 0.2) is 0 Å². The highest BCUT2D eigenvalue weighted by molar-refractivity contribution is 5.11. The molecule has 0 aliphatic carbocycles. The molecule has 0 aromatic carbocycles. The lowest BCUT2D eigenvalue weighted by Gasteiger charge is -2.11. The van der Waals surface area contributed by atoms with Gasteiger partial charge < -0.3 is 10.2 Å². The highest BCUT2D eigenvalue weighted by atomic mass is 16.3. The first-order valence-electron chi connectivity index (χ1n) is 3.45. The van der Waals surface area contributed by atoms with E-state index in [2.05, 4.69) is 11.8 Å². The van der Waals surface area contributed by atoms with Crippen LogP contribution >= 0.6 is 0 Å². The predicted octanol–water partition coefficient (Wildman–Crippen LogP) is 0.533. The van der Waals surface area contributed by atoms with Crippen LogP contribution in [0.2, 0.25) is 0 Å². The lowest BCUT2D eigenvalue weighted by molar-refractivity contribution is 0.118. The highest BCUT2D eigenvalue weighted by Gasteiger charge is 2.11. The Labute approximate surface area is 61.9 Å². The van der Waals surface area contributed by atoms with Crippen molar-refractivity contribution >= 4 is 0 Å². The molecule has 0 bridgehead atoms. The zero-order valence-electron chi connectivity index (χ0n) is 6.52. The summed E-state index contributed by atoms with van der Waals surface area (Å²) in [4.78, 5) is 0. The van der Waals surface area contributed by atoms with E-state index in [1.54, 1.807) is 6.92 Å². The molecule has 0 aliphatic rings. The normalized spacial score (nSPS) is 15.2.